The van der Waals surface area contributed by atoms with Gasteiger partial charge in [-0.15, -0.1) is 20.4 Å². The number of benzene rings is 6. The maximum absolute atomic E-state index is 4.78. The molecule has 11 heteroatoms. The summed E-state index contributed by atoms with van der Waals surface area (Å²) < 4.78 is 2.09. The van der Waals surface area contributed by atoms with Crippen LogP contribution in [0.5, 0.6) is 0 Å². The van der Waals surface area contributed by atoms with Crippen LogP contribution in [0.3, 0.4) is 0 Å². The number of fused-ring (bicyclic) bond motifs is 3. The van der Waals surface area contributed by atoms with Crippen molar-refractivity contribution in [2.75, 3.05) is 33.7 Å². The van der Waals surface area contributed by atoms with Gasteiger partial charge < -0.3 is 19.6 Å². The molecule has 0 radical (unpaired) electrons. The van der Waals surface area contributed by atoms with E-state index in [2.05, 4.69) is 199 Å². The fourth-order valence-electron chi connectivity index (χ4n) is 8.20. The Balaban J connectivity index is 1.16. The summed E-state index contributed by atoms with van der Waals surface area (Å²) >= 11 is 0. The second-order valence-corrected chi connectivity index (χ2v) is 16.9. The molecule has 65 heavy (non-hydrogen) atoms. The number of rotatable bonds is 11. The van der Waals surface area contributed by atoms with Crippen LogP contribution in [-0.2, 0) is 5.41 Å². The molecule has 0 aliphatic rings. The van der Waals surface area contributed by atoms with Crippen molar-refractivity contribution in [3.05, 3.63) is 200 Å². The molecule has 0 aliphatic carbocycles. The van der Waals surface area contributed by atoms with Crippen molar-refractivity contribution in [1.29, 1.82) is 0 Å². The van der Waals surface area contributed by atoms with Gasteiger partial charge in [0.05, 0.1) is 11.0 Å². The summed E-state index contributed by atoms with van der Waals surface area (Å²) in [5.41, 5.74) is 9.42. The average molecular weight is 850 g/mol. The van der Waals surface area contributed by atoms with Crippen LogP contribution >= 0.6 is 0 Å². The molecule has 10 rings (SSSR count). The molecular weight excluding hydrogens is 803 g/mol. The molecule has 0 unspecified atom stereocenters. The van der Waals surface area contributed by atoms with E-state index in [1.54, 1.807) is 0 Å². The molecule has 10 aromatic rings. The van der Waals surface area contributed by atoms with Crippen LogP contribution in [0.4, 0.5) is 57.1 Å². The molecule has 0 saturated carbocycles. The summed E-state index contributed by atoms with van der Waals surface area (Å²) in [4.78, 5) is 18.0. The van der Waals surface area contributed by atoms with E-state index in [4.69, 9.17) is 10.2 Å². The van der Waals surface area contributed by atoms with Crippen LogP contribution < -0.4 is 19.6 Å². The van der Waals surface area contributed by atoms with Crippen molar-refractivity contribution in [2.45, 2.75) is 26.2 Å². The van der Waals surface area contributed by atoms with Gasteiger partial charge in [-0.2, -0.15) is 0 Å². The smallest absolute Gasteiger partial charge is 0.273 e. The summed E-state index contributed by atoms with van der Waals surface area (Å²) in [6, 6.07) is 63.0. The van der Waals surface area contributed by atoms with E-state index in [0.29, 0.717) is 11.8 Å². The lowest BCUT2D eigenvalue weighted by molar-refractivity contribution is 0.516. The number of hydrogen-bond donors (Lipinski definition) is 0. The first-order valence-corrected chi connectivity index (χ1v) is 21.6. The zero-order valence-electron chi connectivity index (χ0n) is 36.9. The van der Waals surface area contributed by atoms with Gasteiger partial charge in [0.1, 0.15) is 11.6 Å². The molecule has 4 aromatic heterocycles. The number of pyridine rings is 2. The Morgan fingerprint density at radius 2 is 0.785 bits per heavy atom. The number of anilines is 10. The van der Waals surface area contributed by atoms with Gasteiger partial charge in [0, 0.05) is 88.2 Å². The molecule has 0 fully saturated rings. The molecule has 0 atom stereocenters. The molecule has 6 aromatic carbocycles. The highest BCUT2D eigenvalue weighted by molar-refractivity contribution is 6.11. The summed E-state index contributed by atoms with van der Waals surface area (Å²) in [5.74, 6) is 2.66. The predicted octanol–water partition coefficient (Wildman–Crippen LogP) is 12.9. The Morgan fingerprint density at radius 1 is 0.385 bits per heavy atom. The molecule has 0 bridgehead atoms. The first-order chi connectivity index (χ1) is 31.7. The minimum absolute atomic E-state index is 0.329. The van der Waals surface area contributed by atoms with E-state index in [1.807, 2.05) is 75.0 Å². The molecule has 0 saturated heterocycles. The normalized spacial score (nSPS) is 11.5. The highest BCUT2D eigenvalue weighted by Gasteiger charge is 2.24. The standard InChI is InChI=1S/C54H47N11/c1-54(2,3)52-57-59-53(60-58-52)65-48-36-44(63(38-18-8-6-9-19-38)42-24-16-22-40(34-42)61(4)50-26-12-14-32-55-50)28-30-46(48)47-31-29-45(37-49(47)65)64(39-20-10-7-11-21-39)43-25-17-23-41(35-43)62(5)51-27-13-15-33-56-51/h6-37H,1-5H3. The number of hydrogen-bond acceptors (Lipinski definition) is 10. The molecule has 0 aliphatic heterocycles. The second-order valence-electron chi connectivity index (χ2n) is 16.9. The second kappa shape index (κ2) is 17.0. The van der Waals surface area contributed by atoms with Gasteiger partial charge in [-0.3, -0.25) is 4.57 Å². The van der Waals surface area contributed by atoms with Gasteiger partial charge in [-0.25, -0.2) is 9.97 Å². The molecule has 4 heterocycles. The van der Waals surface area contributed by atoms with Gasteiger partial charge in [0.15, 0.2) is 5.82 Å². The average Bonchev–Trinajstić information content (AvgIpc) is 3.68. The maximum atomic E-state index is 4.78. The van der Waals surface area contributed by atoms with Gasteiger partial charge >= 0.3 is 0 Å². The first-order valence-electron chi connectivity index (χ1n) is 21.6. The molecule has 318 valence electrons. The van der Waals surface area contributed by atoms with Crippen molar-refractivity contribution in [3.8, 4) is 5.95 Å². The van der Waals surface area contributed by atoms with Gasteiger partial charge in [-0.1, -0.05) is 93.6 Å². The van der Waals surface area contributed by atoms with E-state index < -0.39 is 0 Å². The van der Waals surface area contributed by atoms with Gasteiger partial charge in [0.25, 0.3) is 5.95 Å². The Labute approximate surface area is 378 Å². The van der Waals surface area contributed by atoms with Crippen LogP contribution in [0.1, 0.15) is 26.6 Å². The van der Waals surface area contributed by atoms with Crippen LogP contribution in [-0.4, -0.2) is 49.0 Å². The van der Waals surface area contributed by atoms with E-state index >= 15 is 0 Å². The van der Waals surface area contributed by atoms with Gasteiger partial charge in [-0.05, 0) is 109 Å². The minimum atomic E-state index is -0.329. The van der Waals surface area contributed by atoms with Gasteiger partial charge in [0.2, 0.25) is 0 Å². The summed E-state index contributed by atoms with van der Waals surface area (Å²) in [5, 5.41) is 20.9. The number of para-hydroxylation sites is 2. The minimum Gasteiger partial charge on any atom is -0.329 e. The van der Waals surface area contributed by atoms with Crippen molar-refractivity contribution >= 4 is 78.9 Å². The Bertz CT molecular complexity index is 3040. The SMILES string of the molecule is CN(c1cccc(N(c2ccccc2)c2ccc3c4ccc(N(c5ccccc5)c5cccc(N(C)c6ccccn6)c5)cc4n(-c4nnc(C(C)(C)C)nn4)c3c2)c1)c1ccccn1. The third-order valence-corrected chi connectivity index (χ3v) is 11.6. The zero-order valence-corrected chi connectivity index (χ0v) is 36.9. The van der Waals surface area contributed by atoms with Crippen molar-refractivity contribution in [1.82, 2.24) is 34.9 Å². The zero-order chi connectivity index (χ0) is 44.5. The Morgan fingerprint density at radius 3 is 1.20 bits per heavy atom. The number of aromatic nitrogens is 7. The van der Waals surface area contributed by atoms with Crippen molar-refractivity contribution in [3.63, 3.8) is 0 Å². The molecule has 0 amide bonds. The third-order valence-electron chi connectivity index (χ3n) is 11.6. The summed E-state index contributed by atoms with van der Waals surface area (Å²) in [6.45, 7) is 6.19. The van der Waals surface area contributed by atoms with E-state index in [0.717, 1.165) is 78.9 Å². The number of nitrogens with zero attached hydrogens (tertiary/aromatic N) is 11. The predicted molar refractivity (Wildman–Crippen MR) is 265 cm³/mol. The fraction of sp³-hybridized carbons (Fsp3) is 0.111. The van der Waals surface area contributed by atoms with Crippen molar-refractivity contribution < 1.29 is 0 Å². The molecule has 0 spiro atoms. The van der Waals surface area contributed by atoms with E-state index in [1.165, 1.54) is 0 Å². The lowest BCUT2D eigenvalue weighted by Crippen LogP contribution is -2.19. The Hall–Kier alpha value is -8.44. The Kier molecular flexibility index (Phi) is 10.6. The fourth-order valence-corrected chi connectivity index (χ4v) is 8.20. The highest BCUT2D eigenvalue weighted by Crippen LogP contribution is 2.43. The molecule has 0 N–H and O–H groups in total. The monoisotopic (exact) mass is 849 g/mol. The van der Waals surface area contributed by atoms with E-state index in [9.17, 15) is 0 Å². The van der Waals surface area contributed by atoms with E-state index in [-0.39, 0.29) is 5.41 Å². The molecular formula is C54H47N11. The maximum Gasteiger partial charge on any atom is 0.273 e. The molecule has 11 nitrogen and oxygen atoms in total. The topological polar surface area (TPSA) is 95.2 Å². The third kappa shape index (κ3) is 7.95. The first kappa shape index (κ1) is 40.6. The lowest BCUT2D eigenvalue weighted by atomic mass is 9.96. The summed E-state index contributed by atoms with van der Waals surface area (Å²) in [6.07, 6.45) is 3.63. The highest BCUT2D eigenvalue weighted by atomic mass is 15.4. The van der Waals surface area contributed by atoms with Crippen LogP contribution in [0, 0.1) is 0 Å². The van der Waals surface area contributed by atoms with Crippen molar-refractivity contribution in [2.24, 2.45) is 0 Å². The quantitative estimate of drug-likeness (QED) is 0.125. The summed E-state index contributed by atoms with van der Waals surface area (Å²) in [7, 11) is 4.08. The van der Waals surface area contributed by atoms with Crippen LogP contribution in [0.2, 0.25) is 0 Å². The largest absolute Gasteiger partial charge is 0.329 e. The van der Waals surface area contributed by atoms with Crippen LogP contribution in [0.15, 0.2) is 194 Å². The lowest BCUT2D eigenvalue weighted by Gasteiger charge is -2.27. The van der Waals surface area contributed by atoms with Crippen LogP contribution in [0.25, 0.3) is 27.8 Å².